The highest BCUT2D eigenvalue weighted by Gasteiger charge is 2.44. The normalized spacial score (nSPS) is 18.2. The second kappa shape index (κ2) is 7.21. The van der Waals surface area contributed by atoms with Crippen LogP contribution < -0.4 is 0 Å². The Hall–Kier alpha value is -2.27. The van der Waals surface area contributed by atoms with Gasteiger partial charge in [-0.25, -0.2) is 0 Å². The number of rotatable bonds is 2. The van der Waals surface area contributed by atoms with Crippen molar-refractivity contribution in [3.05, 3.63) is 76.3 Å². The fourth-order valence-corrected chi connectivity index (χ4v) is 5.16. The van der Waals surface area contributed by atoms with Crippen LogP contribution in [-0.4, -0.2) is 23.9 Å². The molecule has 2 nitrogen and oxygen atoms in total. The third-order valence-electron chi connectivity index (χ3n) is 6.21. The van der Waals surface area contributed by atoms with Crippen LogP contribution in [0, 0.1) is 0 Å². The van der Waals surface area contributed by atoms with E-state index in [1.54, 1.807) is 4.90 Å². The van der Waals surface area contributed by atoms with Crippen molar-refractivity contribution >= 4 is 23.1 Å². The van der Waals surface area contributed by atoms with Crippen LogP contribution in [0.2, 0.25) is 5.02 Å². The molecule has 1 aliphatic carbocycles. The minimum atomic E-state index is -4.46. The summed E-state index contributed by atoms with van der Waals surface area (Å²) in [7, 11) is 0. The second-order valence-electron chi connectivity index (χ2n) is 7.94. The maximum absolute atomic E-state index is 13.2. The summed E-state index contributed by atoms with van der Waals surface area (Å²) in [5.74, 6) is -0.271. The third-order valence-corrected chi connectivity index (χ3v) is 6.53. The van der Waals surface area contributed by atoms with Crippen LogP contribution in [0.25, 0.3) is 5.57 Å². The van der Waals surface area contributed by atoms with Gasteiger partial charge in [-0.1, -0.05) is 48.5 Å². The molecule has 0 N–H and O–H groups in total. The van der Waals surface area contributed by atoms with Gasteiger partial charge in [0.15, 0.2) is 0 Å². The van der Waals surface area contributed by atoms with E-state index in [9.17, 15) is 18.0 Å². The molecule has 0 unspecified atom stereocenters. The Kier molecular flexibility index (Phi) is 4.97. The van der Waals surface area contributed by atoms with Gasteiger partial charge in [-0.15, -0.1) is 0 Å². The summed E-state index contributed by atoms with van der Waals surface area (Å²) < 4.78 is 39.6. The number of benzene rings is 2. The Labute approximate surface area is 173 Å². The molecule has 0 atom stereocenters. The summed E-state index contributed by atoms with van der Waals surface area (Å²) in [5.41, 5.74) is 2.41. The van der Waals surface area contributed by atoms with Crippen LogP contribution in [0.1, 0.15) is 41.5 Å². The summed E-state index contributed by atoms with van der Waals surface area (Å²) in [6.07, 6.45) is -2.43. The molecule has 1 aliphatic heterocycles. The monoisotopic (exact) mass is 419 g/mol. The molecule has 1 fully saturated rings. The predicted octanol–water partition coefficient (Wildman–Crippen LogP) is 5.88. The van der Waals surface area contributed by atoms with Gasteiger partial charge in [0.05, 0.1) is 12.0 Å². The molecule has 2 aromatic rings. The van der Waals surface area contributed by atoms with Crippen molar-refractivity contribution in [1.82, 2.24) is 4.90 Å². The number of carbonyl (C=O) groups is 1. The van der Waals surface area contributed by atoms with Gasteiger partial charge in [-0.3, -0.25) is 4.79 Å². The van der Waals surface area contributed by atoms with Crippen molar-refractivity contribution in [2.75, 3.05) is 13.1 Å². The number of hydrogen-bond donors (Lipinski definition) is 0. The van der Waals surface area contributed by atoms with Crippen molar-refractivity contribution in [3.63, 3.8) is 0 Å². The lowest BCUT2D eigenvalue weighted by Crippen LogP contribution is -2.45. The molecular weight excluding hydrogens is 399 g/mol. The number of allylic oxidation sites excluding steroid dienone is 1. The lowest BCUT2D eigenvalue weighted by atomic mass is 9.73. The Morgan fingerprint density at radius 3 is 2.48 bits per heavy atom. The zero-order valence-electron chi connectivity index (χ0n) is 15.9. The number of likely N-dealkylation sites (tertiary alicyclic amines) is 1. The summed E-state index contributed by atoms with van der Waals surface area (Å²) in [6, 6.07) is 11.1. The third kappa shape index (κ3) is 3.57. The Balaban J connectivity index is 1.50. The number of amides is 1. The first kappa shape index (κ1) is 20.0. The van der Waals surface area contributed by atoms with Crippen molar-refractivity contribution < 1.29 is 18.0 Å². The highest BCUT2D eigenvalue weighted by atomic mass is 35.5. The number of nitrogens with zero attached hydrogens (tertiary/aromatic N) is 1. The number of hydrogen-bond acceptors (Lipinski definition) is 1. The molecule has 1 heterocycles. The van der Waals surface area contributed by atoms with E-state index < -0.39 is 11.7 Å². The first-order valence-corrected chi connectivity index (χ1v) is 9.99. The van der Waals surface area contributed by atoms with Crippen LogP contribution in [0.15, 0.2) is 49.0 Å². The highest BCUT2D eigenvalue weighted by Crippen LogP contribution is 2.53. The summed E-state index contributed by atoms with van der Waals surface area (Å²) in [5, 5.41) is 0.722. The molecule has 2 aliphatic rings. The largest absolute Gasteiger partial charge is 0.416 e. The van der Waals surface area contributed by atoms with E-state index in [1.165, 1.54) is 18.2 Å². The fraction of sp³-hybridized carbons (Fsp3) is 0.348. The van der Waals surface area contributed by atoms with Gasteiger partial charge in [0.2, 0.25) is 5.91 Å². The summed E-state index contributed by atoms with van der Waals surface area (Å²) in [4.78, 5) is 14.4. The lowest BCUT2D eigenvalue weighted by molar-refractivity contribution is -0.138. The van der Waals surface area contributed by atoms with Gasteiger partial charge >= 0.3 is 6.18 Å². The highest BCUT2D eigenvalue weighted by molar-refractivity contribution is 6.32. The average molecular weight is 420 g/mol. The number of fused-ring (bicyclic) bond motifs is 2. The summed E-state index contributed by atoms with van der Waals surface area (Å²) in [6.45, 7) is 5.19. The Bertz CT molecular complexity index is 974. The lowest BCUT2D eigenvalue weighted by Gasteiger charge is -2.40. The molecule has 1 amide bonds. The molecule has 0 radical (unpaired) electrons. The molecule has 0 aromatic heterocycles. The first-order chi connectivity index (χ1) is 13.7. The smallest absolute Gasteiger partial charge is 0.342 e. The van der Waals surface area contributed by atoms with E-state index in [4.69, 9.17) is 11.6 Å². The van der Waals surface area contributed by atoms with Gasteiger partial charge in [0.25, 0.3) is 0 Å². The topological polar surface area (TPSA) is 20.3 Å². The van der Waals surface area contributed by atoms with Crippen molar-refractivity contribution in [2.24, 2.45) is 0 Å². The SMILES string of the molecule is C=C1CC2(CCN(C(=O)Cc3ccccc3C(F)(F)F)CC2)c2c(Cl)cccc21. The van der Waals surface area contributed by atoms with Gasteiger partial charge in [0, 0.05) is 23.5 Å². The minimum Gasteiger partial charge on any atom is -0.342 e. The van der Waals surface area contributed by atoms with E-state index in [-0.39, 0.29) is 23.3 Å². The fourth-order valence-electron chi connectivity index (χ4n) is 4.79. The molecule has 29 heavy (non-hydrogen) atoms. The first-order valence-electron chi connectivity index (χ1n) is 9.61. The molecule has 152 valence electrons. The van der Waals surface area contributed by atoms with Crippen LogP contribution >= 0.6 is 11.6 Å². The van der Waals surface area contributed by atoms with Gasteiger partial charge < -0.3 is 4.90 Å². The van der Waals surface area contributed by atoms with Crippen LogP contribution in [0.3, 0.4) is 0 Å². The molecular formula is C23H21ClF3NO. The predicted molar refractivity (Wildman–Crippen MR) is 108 cm³/mol. The van der Waals surface area contributed by atoms with E-state index >= 15 is 0 Å². The van der Waals surface area contributed by atoms with Gasteiger partial charge in [-0.05, 0) is 53.7 Å². The molecule has 1 saturated heterocycles. The van der Waals surface area contributed by atoms with E-state index in [1.807, 2.05) is 18.2 Å². The van der Waals surface area contributed by atoms with Crippen LogP contribution in [0.4, 0.5) is 13.2 Å². The molecule has 0 saturated carbocycles. The maximum atomic E-state index is 13.2. The number of alkyl halides is 3. The van der Waals surface area contributed by atoms with Crippen molar-refractivity contribution in [1.29, 1.82) is 0 Å². The zero-order chi connectivity index (χ0) is 20.8. The van der Waals surface area contributed by atoms with Crippen molar-refractivity contribution in [2.45, 2.75) is 37.3 Å². The van der Waals surface area contributed by atoms with Crippen LogP contribution in [0.5, 0.6) is 0 Å². The Morgan fingerprint density at radius 1 is 1.10 bits per heavy atom. The van der Waals surface area contributed by atoms with E-state index in [0.29, 0.717) is 13.1 Å². The number of carbonyl (C=O) groups excluding carboxylic acids is 1. The molecule has 0 bridgehead atoms. The number of piperidine rings is 1. The van der Waals surface area contributed by atoms with E-state index in [2.05, 4.69) is 6.58 Å². The Morgan fingerprint density at radius 2 is 1.79 bits per heavy atom. The molecule has 2 aromatic carbocycles. The molecule has 4 rings (SSSR count). The zero-order valence-corrected chi connectivity index (χ0v) is 16.6. The standard InChI is InChI=1S/C23H21ClF3NO/c1-15-14-22(21-17(15)6-4-8-19(21)24)9-11-28(12-10-22)20(29)13-16-5-2-3-7-18(16)23(25,26)27/h2-8H,1,9-14H2. The van der Waals surface area contributed by atoms with Crippen molar-refractivity contribution in [3.8, 4) is 0 Å². The quantitative estimate of drug-likeness (QED) is 0.595. The van der Waals surface area contributed by atoms with Gasteiger partial charge in [0.1, 0.15) is 0 Å². The average Bonchev–Trinajstić information content (AvgIpc) is 2.94. The van der Waals surface area contributed by atoms with Gasteiger partial charge in [-0.2, -0.15) is 13.2 Å². The molecule has 6 heteroatoms. The minimum absolute atomic E-state index is 0.0212. The summed E-state index contributed by atoms with van der Waals surface area (Å²) >= 11 is 6.50. The van der Waals surface area contributed by atoms with E-state index in [0.717, 1.165) is 47.1 Å². The number of halogens is 4. The second-order valence-corrected chi connectivity index (χ2v) is 8.34. The van der Waals surface area contributed by atoms with Crippen LogP contribution in [-0.2, 0) is 22.8 Å². The molecule has 1 spiro atoms. The maximum Gasteiger partial charge on any atom is 0.416 e.